The molecule has 7 heteroatoms. The zero-order valence-electron chi connectivity index (χ0n) is 17.9. The number of hydrogen-bond donors (Lipinski definition) is 1. The summed E-state index contributed by atoms with van der Waals surface area (Å²) in [7, 11) is 5.37. The predicted octanol–water partition coefficient (Wildman–Crippen LogP) is 2.93. The third-order valence-electron chi connectivity index (χ3n) is 5.18. The van der Waals surface area contributed by atoms with Crippen molar-refractivity contribution >= 4 is 23.2 Å². The summed E-state index contributed by atoms with van der Waals surface area (Å²) in [5.74, 6) is 0.555. The molecular weight excluding hydrogens is 368 g/mol. The van der Waals surface area contributed by atoms with Crippen LogP contribution in [-0.2, 0) is 4.79 Å². The monoisotopic (exact) mass is 396 g/mol. The summed E-state index contributed by atoms with van der Waals surface area (Å²) in [5, 5.41) is 3.00. The van der Waals surface area contributed by atoms with E-state index in [0.29, 0.717) is 17.9 Å². The van der Waals surface area contributed by atoms with Gasteiger partial charge in [0.25, 0.3) is 5.91 Å². The Hall–Kier alpha value is -3.09. The van der Waals surface area contributed by atoms with Gasteiger partial charge in [0, 0.05) is 32.4 Å². The summed E-state index contributed by atoms with van der Waals surface area (Å²) in [6, 6.07) is 7.21. The van der Waals surface area contributed by atoms with Crippen molar-refractivity contribution in [1.29, 1.82) is 0 Å². The number of hydrogen-bond acceptors (Lipinski definition) is 5. The number of carbonyl (C=O) groups is 2. The minimum atomic E-state index is -0.133. The van der Waals surface area contributed by atoms with Crippen molar-refractivity contribution in [2.24, 2.45) is 0 Å². The van der Waals surface area contributed by atoms with Crippen LogP contribution < -0.4 is 15.0 Å². The van der Waals surface area contributed by atoms with Gasteiger partial charge in [0.05, 0.1) is 29.5 Å². The van der Waals surface area contributed by atoms with Crippen molar-refractivity contribution in [3.63, 3.8) is 0 Å². The first kappa shape index (κ1) is 20.6. The van der Waals surface area contributed by atoms with Gasteiger partial charge in [-0.05, 0) is 50.6 Å². The Morgan fingerprint density at radius 1 is 1.24 bits per heavy atom. The molecule has 1 aromatic carbocycles. The van der Waals surface area contributed by atoms with E-state index < -0.39 is 0 Å². The van der Waals surface area contributed by atoms with Gasteiger partial charge in [0.2, 0.25) is 5.91 Å². The van der Waals surface area contributed by atoms with Crippen molar-refractivity contribution in [3.8, 4) is 5.75 Å². The number of rotatable bonds is 4. The molecule has 0 aliphatic carbocycles. The molecule has 0 fully saturated rings. The number of amides is 2. The number of likely N-dealkylation sites (N-methyl/N-ethyl adjacent to an activating group) is 1. The third-order valence-corrected chi connectivity index (χ3v) is 5.18. The molecule has 2 amide bonds. The molecule has 1 aliphatic heterocycles. The third kappa shape index (κ3) is 4.34. The van der Waals surface area contributed by atoms with Gasteiger partial charge >= 0.3 is 0 Å². The molecule has 0 spiro atoms. The first-order valence-electron chi connectivity index (χ1n) is 9.63. The topological polar surface area (TPSA) is 74.8 Å². The highest BCUT2D eigenvalue weighted by Gasteiger charge is 2.28. The molecule has 29 heavy (non-hydrogen) atoms. The SMILES string of the molecule is Cc1cc(C)c(NC(=O)C[C@@H]2COc3ccc(C(=O)N(C)C)cc3N2C)c(C)n1. The van der Waals surface area contributed by atoms with Crippen molar-refractivity contribution in [2.45, 2.75) is 33.2 Å². The van der Waals surface area contributed by atoms with Gasteiger partial charge in [0.15, 0.2) is 0 Å². The van der Waals surface area contributed by atoms with E-state index in [9.17, 15) is 9.59 Å². The first-order chi connectivity index (χ1) is 13.7. The highest BCUT2D eigenvalue weighted by molar-refractivity contribution is 5.96. The average molecular weight is 396 g/mol. The Morgan fingerprint density at radius 2 is 1.97 bits per heavy atom. The van der Waals surface area contributed by atoms with Crippen molar-refractivity contribution in [2.75, 3.05) is 38.0 Å². The number of pyridine rings is 1. The van der Waals surface area contributed by atoms with Gasteiger partial charge < -0.3 is 19.9 Å². The largest absolute Gasteiger partial charge is 0.489 e. The van der Waals surface area contributed by atoms with Crippen LogP contribution in [0, 0.1) is 20.8 Å². The van der Waals surface area contributed by atoms with E-state index in [1.807, 2.05) is 50.9 Å². The minimum Gasteiger partial charge on any atom is -0.489 e. The maximum Gasteiger partial charge on any atom is 0.253 e. The molecule has 0 radical (unpaired) electrons. The quantitative estimate of drug-likeness (QED) is 0.860. The van der Waals surface area contributed by atoms with Crippen LogP contribution in [0.1, 0.15) is 33.7 Å². The highest BCUT2D eigenvalue weighted by atomic mass is 16.5. The summed E-state index contributed by atoms with van der Waals surface area (Å²) < 4.78 is 5.86. The van der Waals surface area contributed by atoms with Gasteiger partial charge in [-0.15, -0.1) is 0 Å². The van der Waals surface area contributed by atoms with Gasteiger partial charge in [-0.2, -0.15) is 0 Å². The van der Waals surface area contributed by atoms with Crippen LogP contribution in [0.4, 0.5) is 11.4 Å². The Morgan fingerprint density at radius 3 is 2.62 bits per heavy atom. The number of aromatic nitrogens is 1. The fourth-order valence-electron chi connectivity index (χ4n) is 3.61. The highest BCUT2D eigenvalue weighted by Crippen LogP contribution is 2.35. The lowest BCUT2D eigenvalue weighted by Gasteiger charge is -2.36. The van der Waals surface area contributed by atoms with Gasteiger partial charge in [0.1, 0.15) is 12.4 Å². The van der Waals surface area contributed by atoms with Crippen LogP contribution >= 0.6 is 0 Å². The number of aryl methyl sites for hydroxylation is 3. The summed E-state index contributed by atoms with van der Waals surface area (Å²) in [5.41, 5.74) is 4.89. The molecule has 7 nitrogen and oxygen atoms in total. The number of nitrogens with one attached hydrogen (secondary N) is 1. The van der Waals surface area contributed by atoms with E-state index in [1.54, 1.807) is 20.2 Å². The number of ether oxygens (including phenoxy) is 1. The van der Waals surface area contributed by atoms with E-state index in [0.717, 1.165) is 28.3 Å². The molecule has 1 aliphatic rings. The molecule has 154 valence electrons. The second-order valence-corrected chi connectivity index (χ2v) is 7.75. The summed E-state index contributed by atoms with van der Waals surface area (Å²) >= 11 is 0. The van der Waals surface area contributed by atoms with Crippen molar-refractivity contribution in [1.82, 2.24) is 9.88 Å². The number of carbonyl (C=O) groups excluding carboxylic acids is 2. The predicted molar refractivity (Wildman–Crippen MR) is 114 cm³/mol. The Kier molecular flexibility index (Phi) is 5.77. The molecule has 0 saturated heterocycles. The lowest BCUT2D eigenvalue weighted by Crippen LogP contribution is -2.43. The van der Waals surface area contributed by atoms with E-state index in [1.165, 1.54) is 4.90 Å². The Labute approximate surface area is 171 Å². The average Bonchev–Trinajstić information content (AvgIpc) is 2.66. The standard InChI is InChI=1S/C22H28N4O3/c1-13-9-14(2)23-15(3)21(13)24-20(27)11-17-12-29-19-8-7-16(22(28)25(4)5)10-18(19)26(17)6/h7-10,17H,11-12H2,1-6H3,(H,24,27)/t17-/m1/s1. The van der Waals surface area contributed by atoms with Crippen LogP contribution in [0.3, 0.4) is 0 Å². The number of anilines is 2. The maximum absolute atomic E-state index is 12.7. The second kappa shape index (κ2) is 8.11. The molecule has 1 aromatic heterocycles. The minimum absolute atomic E-state index is 0.0705. The van der Waals surface area contributed by atoms with Crippen LogP contribution in [0.25, 0.3) is 0 Å². The van der Waals surface area contributed by atoms with Crippen LogP contribution in [0.5, 0.6) is 5.75 Å². The zero-order chi connectivity index (χ0) is 21.3. The molecule has 1 N–H and O–H groups in total. The van der Waals surface area contributed by atoms with E-state index in [-0.39, 0.29) is 24.3 Å². The smallest absolute Gasteiger partial charge is 0.253 e. The number of benzene rings is 1. The zero-order valence-corrected chi connectivity index (χ0v) is 17.9. The molecule has 0 saturated carbocycles. The van der Waals surface area contributed by atoms with E-state index in [2.05, 4.69) is 10.3 Å². The van der Waals surface area contributed by atoms with Gasteiger partial charge in [-0.1, -0.05) is 0 Å². The summed E-state index contributed by atoms with van der Waals surface area (Å²) in [6.07, 6.45) is 0.272. The summed E-state index contributed by atoms with van der Waals surface area (Å²) in [6.45, 7) is 6.20. The van der Waals surface area contributed by atoms with Crippen LogP contribution in [0.2, 0.25) is 0 Å². The lowest BCUT2D eigenvalue weighted by molar-refractivity contribution is -0.116. The van der Waals surface area contributed by atoms with E-state index >= 15 is 0 Å². The molecular formula is C22H28N4O3. The van der Waals surface area contributed by atoms with Crippen LogP contribution in [-0.4, -0.2) is 55.5 Å². The van der Waals surface area contributed by atoms with E-state index in [4.69, 9.17) is 4.74 Å². The maximum atomic E-state index is 12.7. The molecule has 0 bridgehead atoms. The molecule has 2 aromatic rings. The number of nitrogens with zero attached hydrogens (tertiary/aromatic N) is 3. The lowest BCUT2D eigenvalue weighted by atomic mass is 10.1. The van der Waals surface area contributed by atoms with Crippen molar-refractivity contribution < 1.29 is 14.3 Å². The van der Waals surface area contributed by atoms with Crippen LogP contribution in [0.15, 0.2) is 24.3 Å². The van der Waals surface area contributed by atoms with Gasteiger partial charge in [-0.25, -0.2) is 0 Å². The van der Waals surface area contributed by atoms with Gasteiger partial charge in [-0.3, -0.25) is 14.6 Å². The Bertz CT molecular complexity index is 932. The molecule has 3 rings (SSSR count). The second-order valence-electron chi connectivity index (χ2n) is 7.75. The molecule has 2 heterocycles. The first-order valence-corrected chi connectivity index (χ1v) is 9.63. The molecule has 1 atom stereocenters. The molecule has 0 unspecified atom stereocenters. The van der Waals surface area contributed by atoms with Crippen molar-refractivity contribution in [3.05, 3.63) is 46.8 Å². The number of fused-ring (bicyclic) bond motifs is 1. The fourth-order valence-corrected chi connectivity index (χ4v) is 3.61. The normalized spacial score (nSPS) is 15.4. The fraction of sp³-hybridized carbons (Fsp3) is 0.409. The Balaban J connectivity index is 1.75. The summed E-state index contributed by atoms with van der Waals surface area (Å²) in [4.78, 5) is 33.0.